The minimum absolute atomic E-state index is 0.191. The van der Waals surface area contributed by atoms with E-state index in [0.717, 1.165) is 6.42 Å². The number of ether oxygens (including phenoxy) is 4. The van der Waals surface area contributed by atoms with E-state index < -0.39 is 6.10 Å². The van der Waals surface area contributed by atoms with Crippen LogP contribution >= 0.6 is 0 Å². The van der Waals surface area contributed by atoms with E-state index >= 15 is 0 Å². The predicted octanol–water partition coefficient (Wildman–Crippen LogP) is 4.47. The molecule has 4 rings (SSSR count). The van der Waals surface area contributed by atoms with Gasteiger partial charge in [0, 0.05) is 12.0 Å². The van der Waals surface area contributed by atoms with Gasteiger partial charge in [0.05, 0.1) is 26.4 Å². The average molecular weight is 371 g/mol. The Morgan fingerprint density at radius 2 is 2.00 bits per heavy atom. The number of fused-ring (bicyclic) bond motifs is 5. The van der Waals surface area contributed by atoms with Crippen LogP contribution in [0.1, 0.15) is 51.7 Å². The highest BCUT2D eigenvalue weighted by molar-refractivity contribution is 5.43. The fourth-order valence-electron chi connectivity index (χ4n) is 5.94. The second kappa shape index (κ2) is 6.39. The van der Waals surface area contributed by atoms with E-state index in [2.05, 4.69) is 26.8 Å². The van der Waals surface area contributed by atoms with Crippen molar-refractivity contribution in [2.45, 2.75) is 58.5 Å². The van der Waals surface area contributed by atoms with E-state index in [1.54, 1.807) is 26.4 Å². The molecular formula is C22H29NO4. The van der Waals surface area contributed by atoms with Gasteiger partial charge < -0.3 is 18.9 Å². The van der Waals surface area contributed by atoms with Gasteiger partial charge in [0.15, 0.2) is 12.4 Å². The fraction of sp³-hybridized carbons (Fsp3) is 0.682. The smallest absolute Gasteiger partial charge is 0.175 e. The largest absolute Gasteiger partial charge is 0.497 e. The Bertz CT molecular complexity index is 770. The number of methoxy groups -OCH3 is 2. The molecule has 1 saturated heterocycles. The molecule has 1 aliphatic heterocycles. The highest BCUT2D eigenvalue weighted by Crippen LogP contribution is 2.71. The monoisotopic (exact) mass is 371 g/mol. The second-order valence-electron chi connectivity index (χ2n) is 8.92. The van der Waals surface area contributed by atoms with E-state index in [1.807, 2.05) is 6.07 Å². The second-order valence-corrected chi connectivity index (χ2v) is 8.92. The highest BCUT2D eigenvalue weighted by atomic mass is 16.7. The molecule has 146 valence electrons. The predicted molar refractivity (Wildman–Crippen MR) is 100 cm³/mol. The molecule has 3 aliphatic rings. The topological polar surface area (TPSA) is 60.7 Å². The third kappa shape index (κ3) is 2.57. The Labute approximate surface area is 161 Å². The first-order chi connectivity index (χ1) is 12.9. The van der Waals surface area contributed by atoms with Gasteiger partial charge in [0.1, 0.15) is 11.5 Å². The molecule has 6 atom stereocenters. The van der Waals surface area contributed by atoms with Crippen LogP contribution in [0.2, 0.25) is 0 Å². The van der Waals surface area contributed by atoms with Crippen molar-refractivity contribution < 1.29 is 18.9 Å². The first kappa shape index (κ1) is 18.6. The molecule has 0 amide bonds. The summed E-state index contributed by atoms with van der Waals surface area (Å²) in [6.07, 6.45) is 2.46. The van der Waals surface area contributed by atoms with Crippen molar-refractivity contribution in [3.05, 3.63) is 23.8 Å². The van der Waals surface area contributed by atoms with Crippen molar-refractivity contribution in [2.24, 2.45) is 22.7 Å². The molecule has 27 heavy (non-hydrogen) atoms. The van der Waals surface area contributed by atoms with E-state index in [1.165, 1.54) is 12.8 Å². The molecule has 2 saturated carbocycles. The van der Waals surface area contributed by atoms with Gasteiger partial charge in [-0.2, -0.15) is 5.26 Å². The highest BCUT2D eigenvalue weighted by Gasteiger charge is 2.69. The van der Waals surface area contributed by atoms with Crippen LogP contribution in [0.5, 0.6) is 11.5 Å². The Morgan fingerprint density at radius 3 is 2.63 bits per heavy atom. The zero-order valence-corrected chi connectivity index (χ0v) is 16.8. The van der Waals surface area contributed by atoms with Gasteiger partial charge >= 0.3 is 0 Å². The molecule has 0 N–H and O–H groups in total. The minimum Gasteiger partial charge on any atom is -0.497 e. The number of rotatable bonds is 5. The standard InChI is InChI=1S/C22H29NO4/c1-21(2)16-8-9-22(21,3)20-14(16)11-19(27-20)26-18(12-23)15-10-13(24-4)6-7-17(15)25-5/h6-7,10,14,16,18-20H,8-9,11H2,1-5H3/t14-,16+,18-,19-,20-,22-/m0/s1. The summed E-state index contributed by atoms with van der Waals surface area (Å²) in [4.78, 5) is 0. The first-order valence-corrected chi connectivity index (χ1v) is 9.78. The molecule has 5 heteroatoms. The van der Waals surface area contributed by atoms with Crippen molar-refractivity contribution in [1.29, 1.82) is 5.26 Å². The third-order valence-corrected chi connectivity index (χ3v) is 7.79. The summed E-state index contributed by atoms with van der Waals surface area (Å²) in [7, 11) is 3.20. The Morgan fingerprint density at radius 1 is 1.22 bits per heavy atom. The number of nitriles is 1. The maximum Gasteiger partial charge on any atom is 0.175 e. The average Bonchev–Trinajstić information content (AvgIpc) is 3.23. The van der Waals surface area contributed by atoms with Gasteiger partial charge in [-0.15, -0.1) is 0 Å². The van der Waals surface area contributed by atoms with Crippen LogP contribution in [0.3, 0.4) is 0 Å². The fourth-order valence-corrected chi connectivity index (χ4v) is 5.94. The molecule has 0 radical (unpaired) electrons. The molecule has 0 spiro atoms. The summed E-state index contributed by atoms with van der Waals surface area (Å²) in [5.74, 6) is 2.49. The maximum atomic E-state index is 9.75. The van der Waals surface area contributed by atoms with Crippen LogP contribution in [0, 0.1) is 34.0 Å². The zero-order chi connectivity index (χ0) is 19.4. The van der Waals surface area contributed by atoms with Gasteiger partial charge in [0.25, 0.3) is 0 Å². The van der Waals surface area contributed by atoms with Crippen LogP contribution < -0.4 is 9.47 Å². The Balaban J connectivity index is 1.53. The lowest BCUT2D eigenvalue weighted by Gasteiger charge is -2.38. The molecule has 1 heterocycles. The van der Waals surface area contributed by atoms with E-state index in [-0.39, 0.29) is 17.8 Å². The summed E-state index contributed by atoms with van der Waals surface area (Å²) in [6, 6.07) is 7.68. The van der Waals surface area contributed by atoms with Crippen LogP contribution in [0.15, 0.2) is 18.2 Å². The normalized spacial score (nSPS) is 36.9. The van der Waals surface area contributed by atoms with Gasteiger partial charge in [-0.1, -0.05) is 20.8 Å². The first-order valence-electron chi connectivity index (χ1n) is 9.78. The van der Waals surface area contributed by atoms with Gasteiger partial charge in [0.2, 0.25) is 0 Å². The van der Waals surface area contributed by atoms with Crippen molar-refractivity contribution in [3.8, 4) is 17.6 Å². The lowest BCUT2D eigenvalue weighted by Crippen LogP contribution is -2.38. The molecule has 1 aromatic rings. The lowest BCUT2D eigenvalue weighted by atomic mass is 9.70. The van der Waals surface area contributed by atoms with Crippen LogP contribution in [0.25, 0.3) is 0 Å². The van der Waals surface area contributed by atoms with Crippen molar-refractivity contribution in [1.82, 2.24) is 0 Å². The Kier molecular flexibility index (Phi) is 4.40. The van der Waals surface area contributed by atoms with E-state index in [9.17, 15) is 5.26 Å². The van der Waals surface area contributed by atoms with Crippen LogP contribution in [-0.2, 0) is 9.47 Å². The van der Waals surface area contributed by atoms with Crippen molar-refractivity contribution >= 4 is 0 Å². The SMILES string of the molecule is COc1ccc(OC)c([C@H](C#N)O[C@@H]2C[C@H]3[C@H]4CC[C@@](C)([C@H]3O2)C4(C)C)c1. The van der Waals surface area contributed by atoms with Crippen molar-refractivity contribution in [3.63, 3.8) is 0 Å². The molecule has 1 aromatic carbocycles. The zero-order valence-electron chi connectivity index (χ0n) is 16.8. The summed E-state index contributed by atoms with van der Waals surface area (Å²) in [6.45, 7) is 7.15. The number of benzene rings is 1. The molecular weight excluding hydrogens is 342 g/mol. The van der Waals surface area contributed by atoms with E-state index in [0.29, 0.717) is 34.3 Å². The number of hydrogen-bond donors (Lipinski definition) is 0. The van der Waals surface area contributed by atoms with E-state index in [4.69, 9.17) is 18.9 Å². The van der Waals surface area contributed by atoms with Gasteiger partial charge in [-0.25, -0.2) is 0 Å². The molecule has 3 fully saturated rings. The van der Waals surface area contributed by atoms with Crippen molar-refractivity contribution in [2.75, 3.05) is 14.2 Å². The third-order valence-electron chi connectivity index (χ3n) is 7.79. The minimum atomic E-state index is -0.752. The summed E-state index contributed by atoms with van der Waals surface area (Å²) in [5, 5.41) is 9.75. The van der Waals surface area contributed by atoms with Gasteiger partial charge in [-0.05, 0) is 53.7 Å². The molecule has 0 aromatic heterocycles. The number of hydrogen-bond acceptors (Lipinski definition) is 5. The molecule has 5 nitrogen and oxygen atoms in total. The molecule has 0 unspecified atom stereocenters. The summed E-state index contributed by atoms with van der Waals surface area (Å²) < 4.78 is 23.3. The Hall–Kier alpha value is -1.77. The summed E-state index contributed by atoms with van der Waals surface area (Å²) >= 11 is 0. The maximum absolute atomic E-state index is 9.75. The lowest BCUT2D eigenvalue weighted by molar-refractivity contribution is -0.177. The number of nitrogens with zero attached hydrogens (tertiary/aromatic N) is 1. The van der Waals surface area contributed by atoms with Crippen LogP contribution in [0.4, 0.5) is 0 Å². The van der Waals surface area contributed by atoms with Crippen LogP contribution in [-0.4, -0.2) is 26.6 Å². The summed E-state index contributed by atoms with van der Waals surface area (Å²) in [5.41, 5.74) is 1.17. The van der Waals surface area contributed by atoms with Gasteiger partial charge in [-0.3, -0.25) is 0 Å². The molecule has 2 bridgehead atoms. The quantitative estimate of drug-likeness (QED) is 0.764. The molecule has 2 aliphatic carbocycles.